The number of ether oxygens (including phenoxy) is 1. The first-order valence-electron chi connectivity index (χ1n) is 6.75. The van der Waals surface area contributed by atoms with Crippen molar-refractivity contribution in [2.45, 2.75) is 26.2 Å². The van der Waals surface area contributed by atoms with Crippen molar-refractivity contribution >= 4 is 17.5 Å². The number of anilines is 2. The maximum absolute atomic E-state index is 11.5. The molecular formula is C14H21N3O2. The number of methoxy groups -OCH3 is 1. The molecule has 0 aliphatic heterocycles. The Morgan fingerprint density at radius 3 is 2.79 bits per heavy atom. The summed E-state index contributed by atoms with van der Waals surface area (Å²) in [5, 5.41) is 0. The molecule has 0 amide bonds. The number of carbonyl (C=O) groups excluding carboxylic acids is 1. The zero-order valence-electron chi connectivity index (χ0n) is 11.6. The van der Waals surface area contributed by atoms with Gasteiger partial charge in [0.25, 0.3) is 0 Å². The van der Waals surface area contributed by atoms with Gasteiger partial charge in [0.1, 0.15) is 0 Å². The lowest BCUT2D eigenvalue weighted by molar-refractivity contribution is 0.0594. The molecule has 0 bridgehead atoms. The van der Waals surface area contributed by atoms with E-state index in [1.165, 1.54) is 26.4 Å². The molecule has 2 rings (SSSR count). The summed E-state index contributed by atoms with van der Waals surface area (Å²) in [7, 11) is 1.35. The van der Waals surface area contributed by atoms with Gasteiger partial charge in [0, 0.05) is 13.1 Å². The Morgan fingerprint density at radius 1 is 1.53 bits per heavy atom. The van der Waals surface area contributed by atoms with Crippen molar-refractivity contribution in [3.05, 3.63) is 17.8 Å². The summed E-state index contributed by atoms with van der Waals surface area (Å²) >= 11 is 0. The lowest BCUT2D eigenvalue weighted by Crippen LogP contribution is -2.33. The summed E-state index contributed by atoms with van der Waals surface area (Å²) in [5.74, 6) is 0.987. The first-order valence-corrected chi connectivity index (χ1v) is 6.75. The molecule has 0 aromatic carbocycles. The quantitative estimate of drug-likeness (QED) is 0.824. The van der Waals surface area contributed by atoms with Crippen LogP contribution in [0.1, 0.15) is 36.7 Å². The lowest BCUT2D eigenvalue weighted by Gasteiger charge is -2.33. The molecule has 1 heterocycles. The van der Waals surface area contributed by atoms with Gasteiger partial charge in [-0.25, -0.2) is 9.78 Å². The molecule has 1 aromatic rings. The van der Waals surface area contributed by atoms with Crippen LogP contribution in [0.3, 0.4) is 0 Å². The van der Waals surface area contributed by atoms with Gasteiger partial charge in [-0.05, 0) is 37.8 Å². The molecule has 0 unspecified atom stereocenters. The predicted octanol–water partition coefficient (Wildman–Crippen LogP) is 2.08. The van der Waals surface area contributed by atoms with Crippen molar-refractivity contribution in [3.63, 3.8) is 0 Å². The highest BCUT2D eigenvalue weighted by Crippen LogP contribution is 2.30. The van der Waals surface area contributed by atoms with Crippen molar-refractivity contribution in [2.75, 3.05) is 30.8 Å². The van der Waals surface area contributed by atoms with Gasteiger partial charge in [-0.1, -0.05) is 6.42 Å². The highest BCUT2D eigenvalue weighted by molar-refractivity contribution is 5.88. The number of nitrogens with two attached hydrogens (primary N) is 1. The molecule has 19 heavy (non-hydrogen) atoms. The van der Waals surface area contributed by atoms with E-state index in [-0.39, 0.29) is 0 Å². The van der Waals surface area contributed by atoms with E-state index in [9.17, 15) is 4.79 Å². The van der Waals surface area contributed by atoms with Gasteiger partial charge in [-0.2, -0.15) is 0 Å². The summed E-state index contributed by atoms with van der Waals surface area (Å²) in [4.78, 5) is 18.0. The standard InChI is InChI=1S/C14H21N3O2/c1-3-17(9-10-5-4-6-10)13-11(15)7-8-12(16-13)14(18)19-2/h7-8,10H,3-6,9,15H2,1-2H3. The predicted molar refractivity (Wildman–Crippen MR) is 75.2 cm³/mol. The molecule has 0 radical (unpaired) electrons. The third kappa shape index (κ3) is 2.97. The molecule has 5 heteroatoms. The fourth-order valence-electron chi connectivity index (χ4n) is 2.28. The first kappa shape index (κ1) is 13.6. The number of hydrogen-bond donors (Lipinski definition) is 1. The average Bonchev–Trinajstić information content (AvgIpc) is 2.38. The fraction of sp³-hybridized carbons (Fsp3) is 0.571. The number of pyridine rings is 1. The third-order valence-corrected chi connectivity index (χ3v) is 3.68. The molecule has 2 N–H and O–H groups in total. The second-order valence-electron chi connectivity index (χ2n) is 4.94. The number of aromatic nitrogens is 1. The Labute approximate surface area is 113 Å². The molecule has 104 valence electrons. The second kappa shape index (κ2) is 5.91. The summed E-state index contributed by atoms with van der Waals surface area (Å²) in [6.45, 7) is 3.86. The maximum atomic E-state index is 11.5. The Bertz CT molecular complexity index is 458. The van der Waals surface area contributed by atoms with Crippen molar-refractivity contribution < 1.29 is 9.53 Å². The second-order valence-corrected chi connectivity index (χ2v) is 4.94. The van der Waals surface area contributed by atoms with E-state index in [1.807, 2.05) is 0 Å². The van der Waals surface area contributed by atoms with E-state index >= 15 is 0 Å². The summed E-state index contributed by atoms with van der Waals surface area (Å²) in [6.07, 6.45) is 3.85. The van der Waals surface area contributed by atoms with Gasteiger partial charge in [-0.15, -0.1) is 0 Å². The van der Waals surface area contributed by atoms with E-state index in [0.717, 1.165) is 19.0 Å². The highest BCUT2D eigenvalue weighted by Gasteiger charge is 2.22. The number of nitrogens with zero attached hydrogens (tertiary/aromatic N) is 2. The van der Waals surface area contributed by atoms with Crippen LogP contribution in [0.25, 0.3) is 0 Å². The number of nitrogen functional groups attached to an aromatic ring is 1. The van der Waals surface area contributed by atoms with E-state index in [0.29, 0.717) is 17.2 Å². The Balaban J connectivity index is 2.21. The summed E-state index contributed by atoms with van der Waals surface area (Å²) in [5.41, 5.74) is 6.90. The van der Waals surface area contributed by atoms with Gasteiger partial charge in [0.15, 0.2) is 11.5 Å². The summed E-state index contributed by atoms with van der Waals surface area (Å²) < 4.78 is 4.70. The van der Waals surface area contributed by atoms with Crippen LogP contribution in [0, 0.1) is 5.92 Å². The van der Waals surface area contributed by atoms with Gasteiger partial charge in [0.2, 0.25) is 0 Å². The van der Waals surface area contributed by atoms with Crippen molar-refractivity contribution in [1.82, 2.24) is 4.98 Å². The van der Waals surface area contributed by atoms with Crippen molar-refractivity contribution in [3.8, 4) is 0 Å². The number of rotatable bonds is 5. The zero-order valence-corrected chi connectivity index (χ0v) is 11.6. The lowest BCUT2D eigenvalue weighted by atomic mass is 9.85. The molecule has 1 aliphatic carbocycles. The SMILES string of the molecule is CCN(CC1CCC1)c1nc(C(=O)OC)ccc1N. The molecule has 0 atom stereocenters. The van der Waals surface area contributed by atoms with E-state index in [2.05, 4.69) is 16.8 Å². The topological polar surface area (TPSA) is 68.5 Å². The highest BCUT2D eigenvalue weighted by atomic mass is 16.5. The maximum Gasteiger partial charge on any atom is 0.356 e. The minimum atomic E-state index is -0.430. The number of esters is 1. The van der Waals surface area contributed by atoms with Crippen molar-refractivity contribution in [2.24, 2.45) is 5.92 Å². The molecule has 1 fully saturated rings. The summed E-state index contributed by atoms with van der Waals surface area (Å²) in [6, 6.07) is 3.32. The van der Waals surface area contributed by atoms with E-state index in [1.54, 1.807) is 12.1 Å². The van der Waals surface area contributed by atoms with Gasteiger partial charge in [0.05, 0.1) is 12.8 Å². The van der Waals surface area contributed by atoms with Gasteiger partial charge >= 0.3 is 5.97 Å². The third-order valence-electron chi connectivity index (χ3n) is 3.68. The van der Waals surface area contributed by atoms with E-state index < -0.39 is 5.97 Å². The minimum Gasteiger partial charge on any atom is -0.464 e. The largest absolute Gasteiger partial charge is 0.464 e. The van der Waals surface area contributed by atoms with Gasteiger partial charge < -0.3 is 15.4 Å². The molecule has 1 aromatic heterocycles. The molecule has 5 nitrogen and oxygen atoms in total. The van der Waals surface area contributed by atoms with Crippen LogP contribution >= 0.6 is 0 Å². The van der Waals surface area contributed by atoms with Crippen molar-refractivity contribution in [1.29, 1.82) is 0 Å². The number of hydrogen-bond acceptors (Lipinski definition) is 5. The monoisotopic (exact) mass is 263 g/mol. The molecule has 0 saturated heterocycles. The Kier molecular flexibility index (Phi) is 4.24. The van der Waals surface area contributed by atoms with Gasteiger partial charge in [-0.3, -0.25) is 0 Å². The Morgan fingerprint density at radius 2 is 2.26 bits per heavy atom. The molecule has 0 spiro atoms. The van der Waals surface area contributed by atoms with Crippen LogP contribution in [-0.4, -0.2) is 31.2 Å². The minimum absolute atomic E-state index is 0.304. The van der Waals surface area contributed by atoms with Crippen LogP contribution in [0.2, 0.25) is 0 Å². The van der Waals surface area contributed by atoms with Crippen LogP contribution in [0.5, 0.6) is 0 Å². The molecular weight excluding hydrogens is 242 g/mol. The zero-order chi connectivity index (χ0) is 13.8. The average molecular weight is 263 g/mol. The smallest absolute Gasteiger partial charge is 0.356 e. The molecule has 1 aliphatic rings. The Hall–Kier alpha value is -1.78. The van der Waals surface area contributed by atoms with Crippen LogP contribution < -0.4 is 10.6 Å². The number of carbonyl (C=O) groups is 1. The normalized spacial score (nSPS) is 14.8. The molecule has 1 saturated carbocycles. The van der Waals surface area contributed by atoms with Crippen LogP contribution in [-0.2, 0) is 4.74 Å². The van der Waals surface area contributed by atoms with E-state index in [4.69, 9.17) is 10.5 Å². The van der Waals surface area contributed by atoms with Crippen LogP contribution in [0.15, 0.2) is 12.1 Å². The fourth-order valence-corrected chi connectivity index (χ4v) is 2.28. The first-order chi connectivity index (χ1) is 9.15. The van der Waals surface area contributed by atoms with Crippen LogP contribution in [0.4, 0.5) is 11.5 Å².